The minimum absolute atomic E-state index is 0.0771. The number of aliphatic hydroxyl groups excluding tert-OH is 1. The van der Waals surface area contributed by atoms with Crippen molar-refractivity contribution in [3.63, 3.8) is 0 Å². The van der Waals surface area contributed by atoms with E-state index in [4.69, 9.17) is 24.7 Å². The molecule has 2 aliphatic heterocycles. The molecule has 0 bridgehead atoms. The molecule has 7 fully saturated rings. The van der Waals surface area contributed by atoms with Gasteiger partial charge in [-0.3, -0.25) is 9.69 Å². The van der Waals surface area contributed by atoms with Crippen molar-refractivity contribution >= 4 is 5.97 Å². The molecular weight excluding hydrogens is 584 g/mol. The number of carbonyl (C=O) groups excluding carboxylic acids is 1. The Labute approximate surface area is 276 Å². The average molecular weight is 647 g/mol. The quantitative estimate of drug-likeness (QED) is 0.353. The van der Waals surface area contributed by atoms with Crippen LogP contribution >= 0.6 is 0 Å². The van der Waals surface area contributed by atoms with Crippen LogP contribution in [0.1, 0.15) is 99.8 Å². The fourth-order valence-corrected chi connectivity index (χ4v) is 13.4. The first-order valence-electron chi connectivity index (χ1n) is 18.5. The number of nitrogens with two attached hydrogens (primary N) is 1. The highest BCUT2D eigenvalue weighted by molar-refractivity contribution is 5.72. The van der Waals surface area contributed by atoms with E-state index in [0.717, 1.165) is 58.0 Å². The first kappa shape index (κ1) is 33.7. The van der Waals surface area contributed by atoms with Gasteiger partial charge in [0.05, 0.1) is 49.2 Å². The average Bonchev–Trinajstić information content (AvgIpc) is 3.62. The van der Waals surface area contributed by atoms with Crippen LogP contribution in [0.4, 0.5) is 0 Å². The van der Waals surface area contributed by atoms with E-state index in [1.54, 1.807) is 13.8 Å². The van der Waals surface area contributed by atoms with Crippen molar-refractivity contribution in [2.45, 2.75) is 141 Å². The van der Waals surface area contributed by atoms with Gasteiger partial charge in [0.25, 0.3) is 0 Å². The van der Waals surface area contributed by atoms with Gasteiger partial charge >= 0.3 is 5.97 Å². The summed E-state index contributed by atoms with van der Waals surface area (Å²) in [7, 11) is 0. The Morgan fingerprint density at radius 1 is 1.07 bits per heavy atom. The van der Waals surface area contributed by atoms with Crippen molar-refractivity contribution in [1.82, 2.24) is 4.90 Å². The molecule has 13 atom stereocenters. The van der Waals surface area contributed by atoms with E-state index in [9.17, 15) is 15.0 Å². The summed E-state index contributed by atoms with van der Waals surface area (Å²) in [6.07, 6.45) is 6.16. The Bertz CT molecular complexity index is 1180. The predicted molar refractivity (Wildman–Crippen MR) is 174 cm³/mol. The second-order valence-corrected chi connectivity index (χ2v) is 18.1. The lowest BCUT2D eigenvalue weighted by Gasteiger charge is -2.63. The van der Waals surface area contributed by atoms with Gasteiger partial charge in [0, 0.05) is 25.1 Å². The van der Waals surface area contributed by atoms with Gasteiger partial charge < -0.3 is 34.9 Å². The SMILES string of the molecule is CCO[C@@H]([C@H]1C[C@@H](C)[C@H]2[C@H](O1)[C@H](O)[C@@]1(N)[C@@H]3CC[C@H]4C(C)(C)[C@@H](OC(=O)CN5CCOCC5)CCC45C[C@@]35CC[C@]21C)C(C)(C)O. The number of rotatable bonds is 7. The Kier molecular flexibility index (Phi) is 8.12. The molecule has 262 valence electrons. The Balaban J connectivity index is 1.12. The smallest absolute Gasteiger partial charge is 0.320 e. The maximum atomic E-state index is 13.1. The summed E-state index contributed by atoms with van der Waals surface area (Å²) < 4.78 is 24.7. The Morgan fingerprint density at radius 3 is 2.41 bits per heavy atom. The van der Waals surface area contributed by atoms with E-state index in [1.807, 2.05) is 6.92 Å². The molecule has 5 aliphatic carbocycles. The van der Waals surface area contributed by atoms with Crippen LogP contribution in [0, 0.1) is 45.3 Å². The second kappa shape index (κ2) is 11.1. The topological polar surface area (TPSA) is 124 Å². The molecule has 0 radical (unpaired) electrons. The number of ether oxygens (including phenoxy) is 4. The van der Waals surface area contributed by atoms with E-state index in [2.05, 4.69) is 32.6 Å². The molecule has 2 heterocycles. The third-order valence-corrected chi connectivity index (χ3v) is 15.4. The lowest BCUT2D eigenvalue weighted by molar-refractivity contribution is -0.214. The number of carbonyl (C=O) groups is 1. The molecule has 7 rings (SSSR count). The molecule has 9 nitrogen and oxygen atoms in total. The zero-order valence-corrected chi connectivity index (χ0v) is 29.6. The highest BCUT2D eigenvalue weighted by Gasteiger charge is 2.85. The molecule has 9 heteroatoms. The molecule has 0 aromatic carbocycles. The third kappa shape index (κ3) is 4.54. The highest BCUT2D eigenvalue weighted by atomic mass is 16.6. The molecule has 0 amide bonds. The molecule has 7 aliphatic rings. The van der Waals surface area contributed by atoms with E-state index in [0.29, 0.717) is 38.2 Å². The summed E-state index contributed by atoms with van der Waals surface area (Å²) in [5.41, 5.74) is 5.96. The summed E-state index contributed by atoms with van der Waals surface area (Å²) >= 11 is 0. The molecule has 1 unspecified atom stereocenters. The van der Waals surface area contributed by atoms with Crippen LogP contribution in [0.25, 0.3) is 0 Å². The van der Waals surface area contributed by atoms with Crippen molar-refractivity contribution < 1.29 is 34.0 Å². The Morgan fingerprint density at radius 2 is 1.74 bits per heavy atom. The van der Waals surface area contributed by atoms with Crippen LogP contribution in [0.15, 0.2) is 0 Å². The number of aliphatic hydroxyl groups is 2. The maximum Gasteiger partial charge on any atom is 0.320 e. The van der Waals surface area contributed by atoms with E-state index in [-0.39, 0.29) is 57.8 Å². The van der Waals surface area contributed by atoms with Crippen LogP contribution in [-0.2, 0) is 23.7 Å². The van der Waals surface area contributed by atoms with Gasteiger partial charge in [-0.1, -0.05) is 27.7 Å². The van der Waals surface area contributed by atoms with Gasteiger partial charge in [0.2, 0.25) is 0 Å². The molecule has 0 aromatic heterocycles. The zero-order chi connectivity index (χ0) is 33.1. The summed E-state index contributed by atoms with van der Waals surface area (Å²) in [5, 5.41) is 23.4. The number of morpholine rings is 1. The van der Waals surface area contributed by atoms with Crippen molar-refractivity contribution in [2.75, 3.05) is 39.5 Å². The van der Waals surface area contributed by atoms with Crippen LogP contribution in [0.2, 0.25) is 0 Å². The Hall–Kier alpha value is -0.810. The van der Waals surface area contributed by atoms with Crippen molar-refractivity contribution in [3.8, 4) is 0 Å². The van der Waals surface area contributed by atoms with Crippen molar-refractivity contribution in [2.24, 2.45) is 51.1 Å². The van der Waals surface area contributed by atoms with Crippen LogP contribution in [-0.4, -0.2) is 102 Å². The predicted octanol–water partition coefficient (Wildman–Crippen LogP) is 3.91. The third-order valence-electron chi connectivity index (χ3n) is 15.4. The van der Waals surface area contributed by atoms with Gasteiger partial charge in [-0.05, 0) is 112 Å². The second-order valence-electron chi connectivity index (χ2n) is 18.1. The van der Waals surface area contributed by atoms with E-state index < -0.39 is 23.3 Å². The maximum absolute atomic E-state index is 13.1. The zero-order valence-electron chi connectivity index (χ0n) is 29.6. The standard InChI is InChI=1S/C37H62N2O7/c1-8-44-31(33(5,6)42)23-19-22(2)28-29(45-23)30(41)37(38)25-10-9-24-32(3,4)26(46-27(40)20-39-15-17-43-18-16-39)11-12-35(24)21-36(25,35)14-13-34(28,37)7/h22-26,28-31,41-42H,8-21,38H2,1-7H3/t22-,23-,24+,25-,26+,28+,29+,30+,31+,34-,35?,36+,37+/m1/s1. The minimum atomic E-state index is -1.06. The van der Waals surface area contributed by atoms with Gasteiger partial charge in [-0.25, -0.2) is 0 Å². The molecule has 4 N–H and O–H groups in total. The molecular formula is C37H62N2O7. The molecule has 5 saturated carbocycles. The summed E-state index contributed by atoms with van der Waals surface area (Å²) in [6.45, 7) is 18.6. The van der Waals surface area contributed by atoms with Crippen molar-refractivity contribution in [1.29, 1.82) is 0 Å². The fraction of sp³-hybridized carbons (Fsp3) is 0.973. The fourth-order valence-electron chi connectivity index (χ4n) is 13.4. The largest absolute Gasteiger partial charge is 0.461 e. The lowest BCUT2D eigenvalue weighted by atomic mass is 9.43. The van der Waals surface area contributed by atoms with Crippen LogP contribution < -0.4 is 5.73 Å². The number of hydrogen-bond acceptors (Lipinski definition) is 9. The number of fused-ring (bicyclic) bond motifs is 4. The number of hydrogen-bond donors (Lipinski definition) is 3. The summed E-state index contributed by atoms with van der Waals surface area (Å²) in [5.74, 6) is 1.05. The summed E-state index contributed by atoms with van der Waals surface area (Å²) in [6, 6.07) is 0. The van der Waals surface area contributed by atoms with E-state index in [1.165, 1.54) is 6.42 Å². The molecule has 2 spiro atoms. The molecule has 2 saturated heterocycles. The number of esters is 1. The van der Waals surface area contributed by atoms with Crippen LogP contribution in [0.3, 0.4) is 0 Å². The van der Waals surface area contributed by atoms with Gasteiger partial charge in [0.1, 0.15) is 12.2 Å². The normalized spacial score (nSPS) is 50.3. The van der Waals surface area contributed by atoms with Crippen molar-refractivity contribution in [3.05, 3.63) is 0 Å². The van der Waals surface area contributed by atoms with Crippen LogP contribution in [0.5, 0.6) is 0 Å². The molecule has 0 aromatic rings. The first-order valence-corrected chi connectivity index (χ1v) is 18.5. The van der Waals surface area contributed by atoms with E-state index >= 15 is 0 Å². The summed E-state index contributed by atoms with van der Waals surface area (Å²) in [4.78, 5) is 15.2. The first-order chi connectivity index (χ1) is 21.6. The number of nitrogens with zero attached hydrogens (tertiary/aromatic N) is 1. The lowest BCUT2D eigenvalue weighted by Crippen LogP contribution is -2.70. The highest BCUT2D eigenvalue weighted by Crippen LogP contribution is 2.87. The molecule has 46 heavy (non-hydrogen) atoms. The van der Waals surface area contributed by atoms with Gasteiger partial charge in [-0.15, -0.1) is 0 Å². The van der Waals surface area contributed by atoms with Gasteiger partial charge in [-0.2, -0.15) is 0 Å². The minimum Gasteiger partial charge on any atom is -0.461 e. The van der Waals surface area contributed by atoms with Gasteiger partial charge in [0.15, 0.2) is 0 Å². The monoisotopic (exact) mass is 646 g/mol.